The Morgan fingerprint density at radius 3 is 2.44 bits per heavy atom. The van der Waals surface area contributed by atoms with Crippen molar-refractivity contribution in [1.29, 1.82) is 0 Å². The minimum Gasteiger partial charge on any atom is -0.496 e. The monoisotopic (exact) mass is 642 g/mol. The van der Waals surface area contributed by atoms with E-state index in [0.29, 0.717) is 29.5 Å². The average molecular weight is 643 g/mol. The molecular weight excluding hydrogens is 609 g/mol. The van der Waals surface area contributed by atoms with E-state index in [9.17, 15) is 31.2 Å². The van der Waals surface area contributed by atoms with Crippen LogP contribution in [0.5, 0.6) is 5.75 Å². The molecule has 0 unspecified atom stereocenters. The second-order valence-corrected chi connectivity index (χ2v) is 12.8. The lowest BCUT2D eigenvalue weighted by atomic mass is 9.96. The molecule has 0 saturated heterocycles. The quantitative estimate of drug-likeness (QED) is 0.207. The van der Waals surface area contributed by atoms with Gasteiger partial charge < -0.3 is 19.9 Å². The van der Waals surface area contributed by atoms with Crippen molar-refractivity contribution in [2.24, 2.45) is 7.05 Å². The molecule has 1 fully saturated rings. The normalized spacial score (nSPS) is 14.2. The number of aromatic nitrogens is 1. The summed E-state index contributed by atoms with van der Waals surface area (Å²) in [6.45, 7) is 0. The molecule has 1 saturated carbocycles. The first-order chi connectivity index (χ1) is 21.3. The lowest BCUT2D eigenvalue weighted by Crippen LogP contribution is -2.38. The minimum atomic E-state index is -4.75. The highest BCUT2D eigenvalue weighted by atomic mass is 32.2. The van der Waals surface area contributed by atoms with Crippen LogP contribution in [-0.2, 0) is 29.7 Å². The molecule has 4 aromatic rings. The van der Waals surface area contributed by atoms with Crippen molar-refractivity contribution in [2.45, 2.75) is 55.6 Å². The van der Waals surface area contributed by atoms with Crippen molar-refractivity contribution in [3.63, 3.8) is 0 Å². The molecule has 0 bridgehead atoms. The summed E-state index contributed by atoms with van der Waals surface area (Å²) in [7, 11) is -1.27. The van der Waals surface area contributed by atoms with E-state index >= 15 is 0 Å². The number of benzene rings is 3. The maximum atomic E-state index is 13.1. The van der Waals surface area contributed by atoms with Crippen LogP contribution >= 0.6 is 0 Å². The average Bonchev–Trinajstić information content (AvgIpc) is 3.31. The Kier molecular flexibility index (Phi) is 9.10. The summed E-state index contributed by atoms with van der Waals surface area (Å²) in [4.78, 5) is 24.8. The summed E-state index contributed by atoms with van der Waals surface area (Å²) < 4.78 is 74.0. The van der Waals surface area contributed by atoms with Gasteiger partial charge in [-0.25, -0.2) is 17.9 Å². The van der Waals surface area contributed by atoms with Crippen molar-refractivity contribution in [3.8, 4) is 5.75 Å². The van der Waals surface area contributed by atoms with E-state index in [1.54, 1.807) is 6.07 Å². The van der Waals surface area contributed by atoms with Crippen molar-refractivity contribution >= 4 is 38.6 Å². The standard InChI is InChI=1S/C32H33F3N4O5S/c1-39-19-22(27-18-25(13-14-28(27)39)37-31(41)36-24-8-4-3-5-9-24)15-20-11-12-21(16-29(20)44-2)30(40)38-45(42,43)26-10-6-7-23(17-26)32(33,34)35/h6-7,10-14,16-19,24H,3-5,8-9,15H2,1-2H3,(H,38,40)(H2,36,37,41). The van der Waals surface area contributed by atoms with Gasteiger partial charge in [0.25, 0.3) is 15.9 Å². The molecule has 0 aliphatic heterocycles. The number of carbonyl (C=O) groups excluding carboxylic acids is 2. The van der Waals surface area contributed by atoms with Crippen LogP contribution < -0.4 is 20.1 Å². The Bertz CT molecular complexity index is 1850. The maximum Gasteiger partial charge on any atom is 0.416 e. The van der Waals surface area contributed by atoms with Crippen molar-refractivity contribution in [3.05, 3.63) is 89.1 Å². The maximum absolute atomic E-state index is 13.1. The second kappa shape index (κ2) is 12.8. The number of ether oxygens (including phenoxy) is 1. The first-order valence-electron chi connectivity index (χ1n) is 14.4. The molecular formula is C32H33F3N4O5S. The van der Waals surface area contributed by atoms with Crippen molar-refractivity contribution in [1.82, 2.24) is 14.6 Å². The Morgan fingerprint density at radius 2 is 1.73 bits per heavy atom. The first kappa shape index (κ1) is 31.9. The van der Waals surface area contributed by atoms with E-state index in [-0.39, 0.29) is 17.6 Å². The van der Waals surface area contributed by atoms with E-state index in [2.05, 4.69) is 10.6 Å². The van der Waals surface area contributed by atoms with E-state index in [1.807, 2.05) is 40.7 Å². The van der Waals surface area contributed by atoms with Gasteiger partial charge >= 0.3 is 12.2 Å². The summed E-state index contributed by atoms with van der Waals surface area (Å²) in [5, 5.41) is 6.89. The predicted molar refractivity (Wildman–Crippen MR) is 164 cm³/mol. The number of amides is 3. The van der Waals surface area contributed by atoms with Gasteiger partial charge in [0.2, 0.25) is 0 Å². The number of hydrogen-bond acceptors (Lipinski definition) is 5. The molecule has 1 aliphatic rings. The van der Waals surface area contributed by atoms with Gasteiger partial charge in [0.1, 0.15) is 5.75 Å². The predicted octanol–water partition coefficient (Wildman–Crippen LogP) is 6.37. The van der Waals surface area contributed by atoms with Gasteiger partial charge in [-0.2, -0.15) is 13.2 Å². The molecule has 3 amide bonds. The number of aryl methyl sites for hydroxylation is 1. The van der Waals surface area contributed by atoms with Gasteiger partial charge in [-0.3, -0.25) is 4.79 Å². The lowest BCUT2D eigenvalue weighted by Gasteiger charge is -2.22. The first-order valence-corrected chi connectivity index (χ1v) is 15.9. The van der Waals surface area contributed by atoms with Gasteiger partial charge in [-0.05, 0) is 72.5 Å². The zero-order valence-electron chi connectivity index (χ0n) is 24.7. The SMILES string of the molecule is COc1cc(C(=O)NS(=O)(=O)c2cccc(C(F)(F)F)c2)ccc1Cc1cn(C)c2ccc(NC(=O)NC3CCCCC3)cc12. The number of anilines is 1. The molecule has 0 spiro atoms. The number of rotatable bonds is 8. The van der Waals surface area contributed by atoms with E-state index in [4.69, 9.17) is 4.74 Å². The molecule has 3 aromatic carbocycles. The summed E-state index contributed by atoms with van der Waals surface area (Å²) in [5.74, 6) is -0.707. The largest absolute Gasteiger partial charge is 0.496 e. The number of nitrogens with zero attached hydrogens (tertiary/aromatic N) is 1. The fourth-order valence-electron chi connectivity index (χ4n) is 5.61. The minimum absolute atomic E-state index is 0.0560. The third kappa shape index (κ3) is 7.42. The summed E-state index contributed by atoms with van der Waals surface area (Å²) in [6, 6.07) is 13.2. The van der Waals surface area contributed by atoms with Crippen LogP contribution in [-0.4, -0.2) is 38.1 Å². The molecule has 3 N–H and O–H groups in total. The fourth-order valence-corrected chi connectivity index (χ4v) is 6.63. The van der Waals surface area contributed by atoms with Gasteiger partial charge in [0.05, 0.1) is 17.6 Å². The molecule has 238 valence electrons. The molecule has 13 heteroatoms. The highest BCUT2D eigenvalue weighted by Crippen LogP contribution is 2.32. The van der Waals surface area contributed by atoms with Crippen LogP contribution in [0.1, 0.15) is 59.2 Å². The topological polar surface area (TPSA) is 119 Å². The van der Waals surface area contributed by atoms with Crippen molar-refractivity contribution < 1.29 is 35.9 Å². The molecule has 0 radical (unpaired) electrons. The number of hydrogen-bond donors (Lipinski definition) is 3. The smallest absolute Gasteiger partial charge is 0.416 e. The van der Waals surface area contributed by atoms with Crippen LogP contribution in [0.25, 0.3) is 10.9 Å². The number of sulfonamides is 1. The van der Waals surface area contributed by atoms with Gasteiger partial charge in [0.15, 0.2) is 0 Å². The van der Waals surface area contributed by atoms with E-state index in [0.717, 1.165) is 60.3 Å². The van der Waals surface area contributed by atoms with Crippen molar-refractivity contribution in [2.75, 3.05) is 12.4 Å². The Labute approximate surface area is 258 Å². The zero-order chi connectivity index (χ0) is 32.4. The van der Waals surface area contributed by atoms with E-state index in [1.165, 1.54) is 25.7 Å². The molecule has 1 aromatic heterocycles. The molecule has 5 rings (SSSR count). The number of halogens is 3. The second-order valence-electron chi connectivity index (χ2n) is 11.1. The number of carbonyl (C=O) groups is 2. The fraction of sp³-hybridized carbons (Fsp3) is 0.312. The van der Waals surface area contributed by atoms with Crippen LogP contribution in [0.15, 0.2) is 71.8 Å². The van der Waals surface area contributed by atoms with Crippen LogP contribution in [0, 0.1) is 0 Å². The summed E-state index contributed by atoms with van der Waals surface area (Å²) >= 11 is 0. The van der Waals surface area contributed by atoms with E-state index < -0.39 is 32.6 Å². The molecule has 0 atom stereocenters. The zero-order valence-corrected chi connectivity index (χ0v) is 25.5. The molecule has 45 heavy (non-hydrogen) atoms. The van der Waals surface area contributed by atoms with Gasteiger partial charge in [-0.1, -0.05) is 31.4 Å². The highest BCUT2D eigenvalue weighted by molar-refractivity contribution is 7.90. The van der Waals surface area contributed by atoms with Gasteiger partial charge in [-0.15, -0.1) is 0 Å². The highest BCUT2D eigenvalue weighted by Gasteiger charge is 2.32. The number of nitrogens with one attached hydrogen (secondary N) is 3. The summed E-state index contributed by atoms with van der Waals surface area (Å²) in [5.41, 5.74) is 2.01. The third-order valence-corrected chi connectivity index (χ3v) is 9.23. The van der Waals surface area contributed by atoms with Gasteiger partial charge in [0, 0.05) is 47.9 Å². The number of alkyl halides is 3. The molecule has 9 nitrogen and oxygen atoms in total. The summed E-state index contributed by atoms with van der Waals surface area (Å²) in [6.07, 6.45) is 2.97. The lowest BCUT2D eigenvalue weighted by molar-refractivity contribution is -0.137. The van der Waals surface area contributed by atoms with Crippen LogP contribution in [0.2, 0.25) is 0 Å². The Morgan fingerprint density at radius 1 is 0.978 bits per heavy atom. The Balaban J connectivity index is 1.33. The number of urea groups is 1. The molecule has 1 heterocycles. The van der Waals surface area contributed by atoms with Crippen LogP contribution in [0.4, 0.5) is 23.7 Å². The number of methoxy groups -OCH3 is 1. The molecule has 1 aliphatic carbocycles. The third-order valence-electron chi connectivity index (χ3n) is 7.90. The Hall–Kier alpha value is -4.52. The number of fused-ring (bicyclic) bond motifs is 1. The van der Waals surface area contributed by atoms with Crippen LogP contribution in [0.3, 0.4) is 0 Å².